The van der Waals surface area contributed by atoms with E-state index in [1.807, 2.05) is 76.5 Å². The highest BCUT2D eigenvalue weighted by atomic mass is 16.5. The SMILES string of the molecule is COc1cccc(C(CNC(=O)c2cnn(-c3ccc(C)cc3)c2C)N(C)C)c1. The molecule has 0 spiro atoms. The summed E-state index contributed by atoms with van der Waals surface area (Å²) in [6.45, 7) is 4.43. The van der Waals surface area contributed by atoms with Crippen LogP contribution in [0, 0.1) is 13.8 Å². The van der Waals surface area contributed by atoms with E-state index in [9.17, 15) is 4.79 Å². The van der Waals surface area contributed by atoms with Gasteiger partial charge in [0.15, 0.2) is 0 Å². The van der Waals surface area contributed by atoms with Gasteiger partial charge >= 0.3 is 0 Å². The molecule has 1 aromatic heterocycles. The van der Waals surface area contributed by atoms with Crippen molar-refractivity contribution in [2.45, 2.75) is 19.9 Å². The van der Waals surface area contributed by atoms with Crippen LogP contribution >= 0.6 is 0 Å². The summed E-state index contributed by atoms with van der Waals surface area (Å²) in [4.78, 5) is 14.9. The predicted molar refractivity (Wildman–Crippen MR) is 115 cm³/mol. The molecular formula is C23H28N4O2. The van der Waals surface area contributed by atoms with Gasteiger partial charge < -0.3 is 15.0 Å². The number of ether oxygens (including phenoxy) is 1. The van der Waals surface area contributed by atoms with Crippen molar-refractivity contribution in [1.29, 1.82) is 0 Å². The van der Waals surface area contributed by atoms with Crippen molar-refractivity contribution >= 4 is 5.91 Å². The van der Waals surface area contributed by atoms with Gasteiger partial charge in [-0.15, -0.1) is 0 Å². The van der Waals surface area contributed by atoms with Crippen molar-refractivity contribution in [2.75, 3.05) is 27.7 Å². The van der Waals surface area contributed by atoms with Crippen molar-refractivity contribution in [2.24, 2.45) is 0 Å². The van der Waals surface area contributed by atoms with E-state index in [4.69, 9.17) is 4.74 Å². The predicted octanol–water partition coefficient (Wildman–Crippen LogP) is 3.53. The number of likely N-dealkylation sites (N-methyl/N-ethyl adjacent to an activating group) is 1. The number of hydrogen-bond donors (Lipinski definition) is 1. The van der Waals surface area contributed by atoms with Crippen molar-refractivity contribution in [3.63, 3.8) is 0 Å². The Labute approximate surface area is 172 Å². The third-order valence-electron chi connectivity index (χ3n) is 5.09. The molecule has 0 saturated carbocycles. The Bertz CT molecular complexity index is 977. The van der Waals surface area contributed by atoms with Crippen LogP contribution < -0.4 is 10.1 Å². The topological polar surface area (TPSA) is 59.4 Å². The molecule has 0 aliphatic rings. The normalized spacial score (nSPS) is 12.1. The van der Waals surface area contributed by atoms with Crippen LogP contribution in [0.3, 0.4) is 0 Å². The number of nitrogens with zero attached hydrogens (tertiary/aromatic N) is 3. The molecule has 0 aliphatic heterocycles. The lowest BCUT2D eigenvalue weighted by Gasteiger charge is -2.25. The van der Waals surface area contributed by atoms with Crippen molar-refractivity contribution in [3.8, 4) is 11.4 Å². The zero-order valence-corrected chi connectivity index (χ0v) is 17.6. The van der Waals surface area contributed by atoms with Gasteiger partial charge in [-0.1, -0.05) is 29.8 Å². The average molecular weight is 393 g/mol. The van der Waals surface area contributed by atoms with Crippen LogP contribution in [0.2, 0.25) is 0 Å². The smallest absolute Gasteiger partial charge is 0.254 e. The first-order chi connectivity index (χ1) is 13.9. The van der Waals surface area contributed by atoms with Gasteiger partial charge in [0.25, 0.3) is 5.91 Å². The molecule has 0 fully saturated rings. The second-order valence-corrected chi connectivity index (χ2v) is 7.36. The minimum atomic E-state index is -0.129. The van der Waals surface area contributed by atoms with Gasteiger partial charge in [-0.25, -0.2) is 4.68 Å². The Morgan fingerprint density at radius 2 is 1.90 bits per heavy atom. The Hall–Kier alpha value is -3.12. The molecule has 0 saturated heterocycles. The van der Waals surface area contributed by atoms with Crippen LogP contribution in [0.1, 0.15) is 33.2 Å². The van der Waals surface area contributed by atoms with Crippen LogP contribution in [0.4, 0.5) is 0 Å². The van der Waals surface area contributed by atoms with Gasteiger partial charge in [-0.2, -0.15) is 5.10 Å². The van der Waals surface area contributed by atoms with Gasteiger partial charge in [-0.3, -0.25) is 4.79 Å². The molecule has 1 atom stereocenters. The fraction of sp³-hybridized carbons (Fsp3) is 0.304. The molecule has 152 valence electrons. The average Bonchev–Trinajstić information content (AvgIpc) is 3.10. The number of benzene rings is 2. The monoisotopic (exact) mass is 392 g/mol. The minimum Gasteiger partial charge on any atom is -0.497 e. The summed E-state index contributed by atoms with van der Waals surface area (Å²) >= 11 is 0. The largest absolute Gasteiger partial charge is 0.497 e. The first-order valence-corrected chi connectivity index (χ1v) is 9.61. The molecule has 3 aromatic rings. The number of carbonyl (C=O) groups excluding carboxylic acids is 1. The Morgan fingerprint density at radius 1 is 1.17 bits per heavy atom. The van der Waals surface area contributed by atoms with Crippen LogP contribution in [-0.4, -0.2) is 48.3 Å². The number of nitrogens with one attached hydrogen (secondary N) is 1. The molecule has 1 amide bonds. The zero-order chi connectivity index (χ0) is 21.0. The number of aryl methyl sites for hydroxylation is 1. The lowest BCUT2D eigenvalue weighted by Crippen LogP contribution is -2.34. The summed E-state index contributed by atoms with van der Waals surface area (Å²) in [6.07, 6.45) is 1.63. The van der Waals surface area contributed by atoms with E-state index in [2.05, 4.69) is 15.3 Å². The van der Waals surface area contributed by atoms with Crippen LogP contribution in [0.25, 0.3) is 5.69 Å². The Kier molecular flexibility index (Phi) is 6.34. The zero-order valence-electron chi connectivity index (χ0n) is 17.6. The van der Waals surface area contributed by atoms with Crippen molar-refractivity contribution in [1.82, 2.24) is 20.0 Å². The maximum Gasteiger partial charge on any atom is 0.254 e. The first-order valence-electron chi connectivity index (χ1n) is 9.61. The van der Waals surface area contributed by atoms with E-state index in [1.54, 1.807) is 18.0 Å². The van der Waals surface area contributed by atoms with Gasteiger partial charge in [0.05, 0.1) is 36.3 Å². The highest BCUT2D eigenvalue weighted by Gasteiger charge is 2.19. The third kappa shape index (κ3) is 4.66. The maximum absolute atomic E-state index is 12.8. The number of carbonyl (C=O) groups is 1. The summed E-state index contributed by atoms with van der Waals surface area (Å²) in [5.41, 5.74) is 4.60. The van der Waals surface area contributed by atoms with Crippen molar-refractivity contribution in [3.05, 3.63) is 77.1 Å². The van der Waals surface area contributed by atoms with E-state index >= 15 is 0 Å². The second-order valence-electron chi connectivity index (χ2n) is 7.36. The molecular weight excluding hydrogens is 364 g/mol. The fourth-order valence-corrected chi connectivity index (χ4v) is 3.31. The number of rotatable bonds is 7. The fourth-order valence-electron chi connectivity index (χ4n) is 3.31. The van der Waals surface area contributed by atoms with Gasteiger partial charge in [0.1, 0.15) is 5.75 Å². The van der Waals surface area contributed by atoms with Gasteiger partial charge in [0.2, 0.25) is 0 Å². The first kappa shape index (κ1) is 20.6. The number of hydrogen-bond acceptors (Lipinski definition) is 4. The molecule has 0 radical (unpaired) electrons. The highest BCUT2D eigenvalue weighted by molar-refractivity contribution is 5.95. The minimum absolute atomic E-state index is 0.0292. The van der Waals surface area contributed by atoms with Crippen LogP contribution in [0.15, 0.2) is 54.7 Å². The molecule has 1 heterocycles. The lowest BCUT2D eigenvalue weighted by atomic mass is 10.1. The lowest BCUT2D eigenvalue weighted by molar-refractivity contribution is 0.0941. The van der Waals surface area contributed by atoms with Gasteiger partial charge in [0, 0.05) is 6.54 Å². The van der Waals surface area contributed by atoms with Crippen LogP contribution in [0.5, 0.6) is 5.75 Å². The summed E-state index contributed by atoms with van der Waals surface area (Å²) < 4.78 is 7.12. The number of amides is 1. The molecule has 29 heavy (non-hydrogen) atoms. The quantitative estimate of drug-likeness (QED) is 0.668. The van der Waals surface area contributed by atoms with E-state index in [0.29, 0.717) is 12.1 Å². The Balaban J connectivity index is 1.74. The third-order valence-corrected chi connectivity index (χ3v) is 5.09. The molecule has 1 N–H and O–H groups in total. The number of methoxy groups -OCH3 is 1. The maximum atomic E-state index is 12.8. The summed E-state index contributed by atoms with van der Waals surface area (Å²) in [6, 6.07) is 16.0. The molecule has 6 heteroatoms. The standard InChI is InChI=1S/C23H28N4O2/c1-16-9-11-19(12-10-16)27-17(2)21(14-25-27)23(28)24-15-22(26(3)4)18-7-6-8-20(13-18)29-5/h6-14,22H,15H2,1-5H3,(H,24,28). The molecule has 3 rings (SSSR count). The van der Waals surface area contributed by atoms with E-state index in [0.717, 1.165) is 22.7 Å². The summed E-state index contributed by atoms with van der Waals surface area (Å²) in [7, 11) is 5.65. The van der Waals surface area contributed by atoms with Gasteiger partial charge in [-0.05, 0) is 57.8 Å². The molecule has 1 unspecified atom stereocenters. The molecule has 0 aliphatic carbocycles. The molecule has 6 nitrogen and oxygen atoms in total. The molecule has 0 bridgehead atoms. The number of aromatic nitrogens is 2. The summed E-state index contributed by atoms with van der Waals surface area (Å²) in [5.74, 6) is 0.673. The van der Waals surface area contributed by atoms with E-state index in [1.165, 1.54) is 5.56 Å². The summed E-state index contributed by atoms with van der Waals surface area (Å²) in [5, 5.41) is 7.46. The molecule has 2 aromatic carbocycles. The van der Waals surface area contributed by atoms with E-state index < -0.39 is 0 Å². The Morgan fingerprint density at radius 3 is 2.55 bits per heavy atom. The van der Waals surface area contributed by atoms with Crippen molar-refractivity contribution < 1.29 is 9.53 Å². The van der Waals surface area contributed by atoms with E-state index in [-0.39, 0.29) is 11.9 Å². The van der Waals surface area contributed by atoms with Crippen LogP contribution in [-0.2, 0) is 0 Å². The highest BCUT2D eigenvalue weighted by Crippen LogP contribution is 2.22. The second kappa shape index (κ2) is 8.92.